The Kier molecular flexibility index (Phi) is 5.08. The maximum absolute atomic E-state index is 12.0. The lowest BCUT2D eigenvalue weighted by Crippen LogP contribution is -2.42. The van der Waals surface area contributed by atoms with E-state index in [1.165, 1.54) is 5.56 Å². The van der Waals surface area contributed by atoms with E-state index in [0.717, 1.165) is 18.6 Å². The summed E-state index contributed by atoms with van der Waals surface area (Å²) >= 11 is 1.57. The monoisotopic (exact) mass is 331 g/mol. The molecule has 0 unspecified atom stereocenters. The molecule has 0 radical (unpaired) electrons. The molecule has 0 saturated heterocycles. The van der Waals surface area contributed by atoms with Crippen LogP contribution in [0.5, 0.6) is 0 Å². The van der Waals surface area contributed by atoms with Crippen molar-refractivity contribution in [3.05, 3.63) is 60.1 Å². The van der Waals surface area contributed by atoms with Gasteiger partial charge in [-0.1, -0.05) is 30.3 Å². The van der Waals surface area contributed by atoms with Gasteiger partial charge in [-0.05, 0) is 36.5 Å². The third kappa shape index (κ3) is 4.18. The smallest absolute Gasteiger partial charge is 0.230 e. The molecule has 122 valence electrons. The Labute approximate surface area is 140 Å². The van der Waals surface area contributed by atoms with Gasteiger partial charge in [0.2, 0.25) is 5.91 Å². The van der Waals surface area contributed by atoms with Gasteiger partial charge in [-0.3, -0.25) is 4.79 Å². The van der Waals surface area contributed by atoms with Crippen molar-refractivity contribution in [3.63, 3.8) is 0 Å². The van der Waals surface area contributed by atoms with E-state index in [9.17, 15) is 9.90 Å². The summed E-state index contributed by atoms with van der Waals surface area (Å²) < 4.78 is 5.36. The first-order valence-corrected chi connectivity index (χ1v) is 8.99. The van der Waals surface area contributed by atoms with Gasteiger partial charge in [0.25, 0.3) is 0 Å². The molecule has 5 heteroatoms. The number of nitrogens with one attached hydrogen (secondary N) is 1. The number of hydrogen-bond acceptors (Lipinski definition) is 4. The number of carbonyl (C=O) groups is 1. The molecule has 1 saturated carbocycles. The zero-order chi connectivity index (χ0) is 16.1. The molecule has 4 nitrogen and oxygen atoms in total. The number of benzene rings is 1. The van der Waals surface area contributed by atoms with Crippen LogP contribution in [-0.4, -0.2) is 23.3 Å². The standard InChI is InChI=1S/C18H21NO3S/c20-17(12-23-11-14-5-2-1-3-6-14)19-13-18(21,15-8-9-15)16-7-4-10-22-16/h1-7,10,15,21H,8-9,11-13H2,(H,19,20)/t18-/m0/s1. The first kappa shape index (κ1) is 16.1. The maximum atomic E-state index is 12.0. The third-order valence-corrected chi connectivity index (χ3v) is 5.10. The van der Waals surface area contributed by atoms with Crippen LogP contribution in [0.3, 0.4) is 0 Å². The lowest BCUT2D eigenvalue weighted by Gasteiger charge is -2.26. The summed E-state index contributed by atoms with van der Waals surface area (Å²) in [6.45, 7) is 0.204. The van der Waals surface area contributed by atoms with Gasteiger partial charge in [-0.25, -0.2) is 0 Å². The van der Waals surface area contributed by atoms with Crippen LogP contribution < -0.4 is 5.32 Å². The second-order valence-corrected chi connectivity index (χ2v) is 6.92. The van der Waals surface area contributed by atoms with E-state index >= 15 is 0 Å². The fourth-order valence-electron chi connectivity index (χ4n) is 2.64. The second kappa shape index (κ2) is 7.23. The molecule has 1 atom stereocenters. The summed E-state index contributed by atoms with van der Waals surface area (Å²) in [7, 11) is 0. The van der Waals surface area contributed by atoms with Crippen molar-refractivity contribution in [1.29, 1.82) is 0 Å². The van der Waals surface area contributed by atoms with Gasteiger partial charge >= 0.3 is 0 Å². The van der Waals surface area contributed by atoms with Crippen LogP contribution in [0.4, 0.5) is 0 Å². The zero-order valence-corrected chi connectivity index (χ0v) is 13.7. The molecule has 1 amide bonds. The number of rotatable bonds is 8. The first-order chi connectivity index (χ1) is 11.2. The highest BCUT2D eigenvalue weighted by Gasteiger charge is 2.47. The summed E-state index contributed by atoms with van der Waals surface area (Å²) in [6.07, 6.45) is 3.49. The molecule has 1 aromatic carbocycles. The van der Waals surface area contributed by atoms with Crippen LogP contribution in [0.2, 0.25) is 0 Å². The Balaban J connectivity index is 1.46. The van der Waals surface area contributed by atoms with Crippen molar-refractivity contribution in [2.75, 3.05) is 12.3 Å². The van der Waals surface area contributed by atoms with Crippen molar-refractivity contribution in [2.24, 2.45) is 5.92 Å². The Morgan fingerprint density at radius 3 is 2.70 bits per heavy atom. The lowest BCUT2D eigenvalue weighted by molar-refractivity contribution is -0.120. The van der Waals surface area contributed by atoms with Gasteiger partial charge in [0.05, 0.1) is 18.6 Å². The van der Waals surface area contributed by atoms with E-state index in [4.69, 9.17) is 4.42 Å². The predicted molar refractivity (Wildman–Crippen MR) is 90.9 cm³/mol. The SMILES string of the molecule is O=C(CSCc1ccccc1)NC[C@@](O)(c1ccco1)C1CC1. The van der Waals surface area contributed by atoms with Crippen LogP contribution in [0, 0.1) is 5.92 Å². The summed E-state index contributed by atoms with van der Waals surface area (Å²) in [5.41, 5.74) is 0.124. The van der Waals surface area contributed by atoms with E-state index in [1.54, 1.807) is 30.2 Å². The van der Waals surface area contributed by atoms with Gasteiger partial charge in [-0.15, -0.1) is 11.8 Å². The zero-order valence-electron chi connectivity index (χ0n) is 12.9. The van der Waals surface area contributed by atoms with Crippen molar-refractivity contribution >= 4 is 17.7 Å². The highest BCUT2D eigenvalue weighted by molar-refractivity contribution is 7.99. The minimum Gasteiger partial charge on any atom is -0.466 e. The highest BCUT2D eigenvalue weighted by atomic mass is 32.2. The van der Waals surface area contributed by atoms with Crippen LogP contribution >= 0.6 is 11.8 Å². The lowest BCUT2D eigenvalue weighted by atomic mass is 9.94. The summed E-state index contributed by atoms with van der Waals surface area (Å²) in [5, 5.41) is 13.7. The number of furan rings is 1. The molecule has 1 aliphatic rings. The molecule has 1 heterocycles. The Bertz CT molecular complexity index is 625. The van der Waals surface area contributed by atoms with Gasteiger partial charge in [0.15, 0.2) is 0 Å². The molecule has 23 heavy (non-hydrogen) atoms. The number of aliphatic hydroxyl groups is 1. The highest BCUT2D eigenvalue weighted by Crippen LogP contribution is 2.45. The molecule has 2 aromatic rings. The molecule has 2 N–H and O–H groups in total. The van der Waals surface area contributed by atoms with Crippen molar-refractivity contribution < 1.29 is 14.3 Å². The van der Waals surface area contributed by atoms with Crippen molar-refractivity contribution in [1.82, 2.24) is 5.32 Å². The van der Waals surface area contributed by atoms with E-state index in [0.29, 0.717) is 11.5 Å². The molecule has 3 rings (SSSR count). The molecular formula is C18H21NO3S. The average molecular weight is 331 g/mol. The number of thioether (sulfide) groups is 1. The van der Waals surface area contributed by atoms with Gasteiger partial charge in [-0.2, -0.15) is 0 Å². The van der Waals surface area contributed by atoms with Gasteiger partial charge in [0.1, 0.15) is 11.4 Å². The fourth-order valence-corrected chi connectivity index (χ4v) is 3.46. The predicted octanol–water partition coefficient (Wildman–Crippen LogP) is 2.93. The third-order valence-electron chi connectivity index (χ3n) is 4.10. The first-order valence-electron chi connectivity index (χ1n) is 7.83. The molecule has 1 aromatic heterocycles. The average Bonchev–Trinajstić information content (AvgIpc) is 3.29. The quantitative estimate of drug-likeness (QED) is 0.781. The largest absolute Gasteiger partial charge is 0.466 e. The normalized spacial score (nSPS) is 16.7. The van der Waals surface area contributed by atoms with E-state index < -0.39 is 5.60 Å². The number of amides is 1. The Morgan fingerprint density at radius 2 is 2.04 bits per heavy atom. The summed E-state index contributed by atoms with van der Waals surface area (Å²) in [5.74, 6) is 1.84. The molecule has 0 aliphatic heterocycles. The summed E-state index contributed by atoms with van der Waals surface area (Å²) in [4.78, 5) is 12.0. The molecular weight excluding hydrogens is 310 g/mol. The van der Waals surface area contributed by atoms with Crippen molar-refractivity contribution in [2.45, 2.75) is 24.2 Å². The Morgan fingerprint density at radius 1 is 1.26 bits per heavy atom. The molecule has 1 fully saturated rings. The molecule has 0 bridgehead atoms. The minimum absolute atomic E-state index is 0.0587. The molecule has 0 spiro atoms. The van der Waals surface area contributed by atoms with Crippen LogP contribution in [0.25, 0.3) is 0 Å². The minimum atomic E-state index is -1.08. The number of hydrogen-bond donors (Lipinski definition) is 2. The van der Waals surface area contributed by atoms with Gasteiger partial charge < -0.3 is 14.8 Å². The van der Waals surface area contributed by atoms with E-state index in [1.807, 2.05) is 30.3 Å². The van der Waals surface area contributed by atoms with E-state index in [2.05, 4.69) is 5.32 Å². The number of carbonyl (C=O) groups excluding carboxylic acids is 1. The van der Waals surface area contributed by atoms with Gasteiger partial charge in [0, 0.05) is 5.75 Å². The topological polar surface area (TPSA) is 62.5 Å². The van der Waals surface area contributed by atoms with Crippen LogP contribution in [-0.2, 0) is 16.1 Å². The molecule has 1 aliphatic carbocycles. The van der Waals surface area contributed by atoms with E-state index in [-0.39, 0.29) is 18.4 Å². The second-order valence-electron chi connectivity index (χ2n) is 5.93. The fraction of sp³-hybridized carbons (Fsp3) is 0.389. The maximum Gasteiger partial charge on any atom is 0.230 e. The van der Waals surface area contributed by atoms with Crippen molar-refractivity contribution in [3.8, 4) is 0 Å². The van der Waals surface area contributed by atoms with Crippen LogP contribution in [0.15, 0.2) is 53.1 Å². The Hall–Kier alpha value is -1.72. The summed E-state index contributed by atoms with van der Waals surface area (Å²) in [6, 6.07) is 13.6. The van der Waals surface area contributed by atoms with Crippen LogP contribution in [0.1, 0.15) is 24.2 Å².